The highest BCUT2D eigenvalue weighted by Crippen LogP contribution is 2.33. The second-order valence-electron chi connectivity index (χ2n) is 7.03. The predicted molar refractivity (Wildman–Crippen MR) is 117 cm³/mol. The van der Waals surface area contributed by atoms with Crippen LogP contribution in [0.2, 0.25) is 0 Å². The highest BCUT2D eigenvalue weighted by molar-refractivity contribution is 7.99. The van der Waals surface area contributed by atoms with Gasteiger partial charge in [0.2, 0.25) is 0 Å². The van der Waals surface area contributed by atoms with Gasteiger partial charge in [0, 0.05) is 29.5 Å². The second-order valence-corrected chi connectivity index (χ2v) is 9.02. The van der Waals surface area contributed by atoms with Crippen LogP contribution in [0, 0.1) is 13.8 Å². The van der Waals surface area contributed by atoms with Crippen LogP contribution >= 0.6 is 23.1 Å². The minimum atomic E-state index is -0.744. The molecule has 0 saturated heterocycles. The number of aryl methyl sites for hydroxylation is 2. The molecule has 3 aromatic heterocycles. The number of rotatable bonds is 7. The predicted octanol–water partition coefficient (Wildman–Crippen LogP) is 5.71. The molecule has 6 heteroatoms. The summed E-state index contributed by atoms with van der Waals surface area (Å²) in [4.78, 5) is 15.7. The summed E-state index contributed by atoms with van der Waals surface area (Å²) in [6.45, 7) is 4.24. The fraction of sp³-hybridized carbons (Fsp3) is 0.273. The Morgan fingerprint density at radius 2 is 2.14 bits per heavy atom. The van der Waals surface area contributed by atoms with Crippen molar-refractivity contribution in [1.82, 2.24) is 9.38 Å². The summed E-state index contributed by atoms with van der Waals surface area (Å²) in [5.74, 6) is 0.0117. The average Bonchev–Trinajstić information content (AvgIpc) is 3.21. The number of hydrogen-bond acceptors (Lipinski definition) is 4. The zero-order chi connectivity index (χ0) is 19.7. The van der Waals surface area contributed by atoms with Crippen molar-refractivity contribution in [1.29, 1.82) is 0 Å². The van der Waals surface area contributed by atoms with E-state index in [1.165, 1.54) is 32.5 Å². The van der Waals surface area contributed by atoms with Crippen LogP contribution in [0.4, 0.5) is 0 Å². The van der Waals surface area contributed by atoms with Gasteiger partial charge in [-0.3, -0.25) is 4.79 Å². The Bertz CT molecular complexity index is 1160. The van der Waals surface area contributed by atoms with E-state index in [4.69, 9.17) is 10.1 Å². The number of carboxylic acids is 1. The van der Waals surface area contributed by atoms with E-state index >= 15 is 0 Å². The maximum absolute atomic E-state index is 10.8. The van der Waals surface area contributed by atoms with Crippen molar-refractivity contribution in [2.24, 2.45) is 0 Å². The Kier molecular flexibility index (Phi) is 5.42. The molecule has 0 spiro atoms. The lowest BCUT2D eigenvalue weighted by molar-refractivity contribution is -0.137. The van der Waals surface area contributed by atoms with E-state index in [-0.39, 0.29) is 6.42 Å². The molecule has 0 radical (unpaired) electrons. The van der Waals surface area contributed by atoms with Crippen molar-refractivity contribution in [3.05, 3.63) is 64.3 Å². The van der Waals surface area contributed by atoms with E-state index in [0.717, 1.165) is 22.8 Å². The first-order chi connectivity index (χ1) is 13.5. The number of nitrogens with zero attached hydrogens (tertiary/aromatic N) is 2. The second kappa shape index (κ2) is 7.97. The molecule has 4 nitrogen and oxygen atoms in total. The minimum Gasteiger partial charge on any atom is -0.481 e. The van der Waals surface area contributed by atoms with Gasteiger partial charge in [-0.15, -0.1) is 23.1 Å². The Labute approximate surface area is 172 Å². The number of fused-ring (bicyclic) bond motifs is 2. The van der Waals surface area contributed by atoms with E-state index < -0.39 is 5.97 Å². The molecule has 0 unspecified atom stereocenters. The summed E-state index contributed by atoms with van der Waals surface area (Å²) in [6, 6.07) is 10.7. The number of pyridine rings is 1. The molecule has 0 bridgehead atoms. The smallest absolute Gasteiger partial charge is 0.303 e. The van der Waals surface area contributed by atoms with Crippen molar-refractivity contribution in [3.63, 3.8) is 0 Å². The van der Waals surface area contributed by atoms with Crippen molar-refractivity contribution >= 4 is 44.8 Å². The molecule has 0 atom stereocenters. The molecule has 0 fully saturated rings. The van der Waals surface area contributed by atoms with Crippen LogP contribution in [-0.4, -0.2) is 26.2 Å². The third kappa shape index (κ3) is 3.80. The third-order valence-corrected chi connectivity index (χ3v) is 6.95. The Morgan fingerprint density at radius 1 is 1.29 bits per heavy atom. The first kappa shape index (κ1) is 19.0. The molecule has 0 aliphatic carbocycles. The number of aliphatic carboxylic acids is 1. The summed E-state index contributed by atoms with van der Waals surface area (Å²) in [5, 5.41) is 13.5. The molecular weight excluding hydrogens is 388 g/mol. The molecule has 0 amide bonds. The van der Waals surface area contributed by atoms with Crippen molar-refractivity contribution in [3.8, 4) is 0 Å². The Hall–Kier alpha value is -2.31. The largest absolute Gasteiger partial charge is 0.481 e. The summed E-state index contributed by atoms with van der Waals surface area (Å²) < 4.78 is 3.49. The topological polar surface area (TPSA) is 54.6 Å². The van der Waals surface area contributed by atoms with Gasteiger partial charge < -0.3 is 9.51 Å². The molecular formula is C22H22N2O2S2. The van der Waals surface area contributed by atoms with Gasteiger partial charge in [-0.1, -0.05) is 12.1 Å². The quantitative estimate of drug-likeness (QED) is 0.313. The lowest BCUT2D eigenvalue weighted by Crippen LogP contribution is -1.98. The van der Waals surface area contributed by atoms with Crippen LogP contribution in [0.3, 0.4) is 0 Å². The van der Waals surface area contributed by atoms with Crippen molar-refractivity contribution in [2.45, 2.75) is 38.1 Å². The summed E-state index contributed by atoms with van der Waals surface area (Å²) in [7, 11) is 0. The van der Waals surface area contributed by atoms with Gasteiger partial charge in [0.05, 0.1) is 5.69 Å². The van der Waals surface area contributed by atoms with E-state index in [1.807, 2.05) is 0 Å². The first-order valence-electron chi connectivity index (χ1n) is 9.31. The molecule has 28 heavy (non-hydrogen) atoms. The number of thiophene rings is 1. The molecule has 0 aliphatic heterocycles. The average molecular weight is 411 g/mol. The van der Waals surface area contributed by atoms with Gasteiger partial charge in [-0.25, -0.2) is 4.98 Å². The van der Waals surface area contributed by atoms with Crippen molar-refractivity contribution in [2.75, 3.05) is 5.75 Å². The molecule has 3 heterocycles. The standard InChI is InChI=1S/C22H22N2O2S2/c1-14-8-9-24-17(12-16-13-28-18-6-3-5-15(2)21(16)18)22(23-19(24)11-14)27-10-4-7-20(25)26/h3,5-6,8-9,11,13H,4,7,10,12H2,1-2H3,(H,25,26). The zero-order valence-electron chi connectivity index (χ0n) is 15.9. The summed E-state index contributed by atoms with van der Waals surface area (Å²) in [6.07, 6.45) is 3.75. The summed E-state index contributed by atoms with van der Waals surface area (Å²) in [5.41, 5.74) is 5.94. The normalized spacial score (nSPS) is 11.5. The van der Waals surface area contributed by atoms with Gasteiger partial charge in [-0.2, -0.15) is 0 Å². The lowest BCUT2D eigenvalue weighted by Gasteiger charge is -2.06. The van der Waals surface area contributed by atoms with Crippen LogP contribution in [0.5, 0.6) is 0 Å². The van der Waals surface area contributed by atoms with Gasteiger partial charge in [0.1, 0.15) is 10.7 Å². The van der Waals surface area contributed by atoms with Crippen LogP contribution in [0.25, 0.3) is 15.7 Å². The molecule has 0 saturated carbocycles. The van der Waals surface area contributed by atoms with E-state index in [1.54, 1.807) is 23.1 Å². The molecule has 1 aromatic carbocycles. The fourth-order valence-corrected chi connectivity index (χ4v) is 5.51. The third-order valence-electron chi connectivity index (χ3n) is 4.86. The van der Waals surface area contributed by atoms with Gasteiger partial charge in [0.15, 0.2) is 0 Å². The van der Waals surface area contributed by atoms with E-state index in [9.17, 15) is 4.79 Å². The number of benzene rings is 1. The summed E-state index contributed by atoms with van der Waals surface area (Å²) >= 11 is 3.45. The highest BCUT2D eigenvalue weighted by atomic mass is 32.2. The van der Waals surface area contributed by atoms with Gasteiger partial charge in [0.25, 0.3) is 0 Å². The molecule has 4 aromatic rings. The molecule has 0 aliphatic rings. The Morgan fingerprint density at radius 3 is 2.96 bits per heavy atom. The number of imidazole rings is 1. The first-order valence-corrected chi connectivity index (χ1v) is 11.2. The maximum atomic E-state index is 10.8. The molecule has 1 N–H and O–H groups in total. The number of carbonyl (C=O) groups is 1. The molecule has 144 valence electrons. The van der Waals surface area contributed by atoms with E-state index in [0.29, 0.717) is 6.42 Å². The van der Waals surface area contributed by atoms with Crippen LogP contribution in [0.1, 0.15) is 35.2 Å². The van der Waals surface area contributed by atoms with Crippen LogP contribution in [0.15, 0.2) is 46.9 Å². The highest BCUT2D eigenvalue weighted by Gasteiger charge is 2.16. The number of carboxylic acid groups (broad SMARTS) is 1. The van der Waals surface area contributed by atoms with Gasteiger partial charge in [-0.05, 0) is 65.9 Å². The lowest BCUT2D eigenvalue weighted by atomic mass is 10.0. The van der Waals surface area contributed by atoms with Gasteiger partial charge >= 0.3 is 5.97 Å². The van der Waals surface area contributed by atoms with Crippen LogP contribution < -0.4 is 0 Å². The number of thioether (sulfide) groups is 1. The number of hydrogen-bond donors (Lipinski definition) is 1. The maximum Gasteiger partial charge on any atom is 0.303 e. The SMILES string of the molecule is Cc1ccn2c(Cc3csc4cccc(C)c34)c(SCCCC(=O)O)nc2c1. The zero-order valence-corrected chi connectivity index (χ0v) is 17.6. The van der Waals surface area contributed by atoms with Crippen molar-refractivity contribution < 1.29 is 9.90 Å². The minimum absolute atomic E-state index is 0.198. The van der Waals surface area contributed by atoms with Crippen LogP contribution in [-0.2, 0) is 11.2 Å². The Balaban J connectivity index is 1.71. The molecule has 4 rings (SSSR count). The monoisotopic (exact) mass is 410 g/mol. The fourth-order valence-electron chi connectivity index (χ4n) is 3.50. The number of aromatic nitrogens is 2. The van der Waals surface area contributed by atoms with E-state index in [2.05, 4.69) is 60.2 Å².